The molecule has 1 rings (SSSR count). The quantitative estimate of drug-likeness (QED) is 0.602. The molecule has 2 nitrogen and oxygen atoms in total. The maximum Gasteiger partial charge on any atom is 0.134 e. The van der Waals surface area contributed by atoms with Crippen molar-refractivity contribution in [1.29, 1.82) is 0 Å². The largest absolute Gasteiger partial charge is 0.493 e. The summed E-state index contributed by atoms with van der Waals surface area (Å²) < 4.78 is 5.44. The Bertz CT molecular complexity index is 347. The minimum atomic E-state index is 0.196. The van der Waals surface area contributed by atoms with Crippen LogP contribution in [-0.4, -0.2) is 18.3 Å². The minimum absolute atomic E-state index is 0.196. The summed E-state index contributed by atoms with van der Waals surface area (Å²) in [5.74, 6) is 6.89. The molecule has 2 heteroatoms. The smallest absolute Gasteiger partial charge is 0.134 e. The summed E-state index contributed by atoms with van der Waals surface area (Å²) in [6, 6.07) is 7.74. The molecule has 0 unspecified atom stereocenters. The number of hydrogen-bond donors (Lipinski definition) is 1. The van der Waals surface area contributed by atoms with Gasteiger partial charge in [0, 0.05) is 13.0 Å². The Balaban J connectivity index is 2.68. The van der Waals surface area contributed by atoms with E-state index < -0.39 is 0 Å². The summed E-state index contributed by atoms with van der Waals surface area (Å²) in [7, 11) is 0. The lowest BCUT2D eigenvalue weighted by Gasteiger charge is -2.04. The average molecular weight is 204 g/mol. The van der Waals surface area contributed by atoms with E-state index in [1.807, 2.05) is 31.2 Å². The van der Waals surface area contributed by atoms with Gasteiger partial charge in [-0.05, 0) is 25.5 Å². The molecule has 0 saturated carbocycles. The maximum absolute atomic E-state index is 8.61. The van der Waals surface area contributed by atoms with E-state index in [9.17, 15) is 0 Å². The lowest BCUT2D eigenvalue weighted by Crippen LogP contribution is -1.93. The Hall–Kier alpha value is -1.46. The highest BCUT2D eigenvalue weighted by Gasteiger charge is 1.97. The zero-order chi connectivity index (χ0) is 10.9. The van der Waals surface area contributed by atoms with Crippen LogP contribution >= 0.6 is 0 Å². The second-order valence-electron chi connectivity index (χ2n) is 3.06. The molecule has 0 aliphatic rings. The van der Waals surface area contributed by atoms with Crippen LogP contribution in [0.2, 0.25) is 0 Å². The summed E-state index contributed by atoms with van der Waals surface area (Å²) in [6.45, 7) is 2.80. The molecule has 80 valence electrons. The van der Waals surface area contributed by atoms with E-state index in [1.165, 1.54) is 0 Å². The van der Waals surface area contributed by atoms with Crippen LogP contribution in [0, 0.1) is 11.8 Å². The van der Waals surface area contributed by atoms with E-state index in [0.717, 1.165) is 24.2 Å². The second-order valence-corrected chi connectivity index (χ2v) is 3.06. The van der Waals surface area contributed by atoms with Crippen molar-refractivity contribution in [3.8, 4) is 17.6 Å². The Kier molecular flexibility index (Phi) is 5.35. The number of ether oxygens (including phenoxy) is 1. The molecule has 0 aromatic heterocycles. The van der Waals surface area contributed by atoms with Crippen LogP contribution in [0.4, 0.5) is 0 Å². The van der Waals surface area contributed by atoms with Crippen molar-refractivity contribution in [2.24, 2.45) is 0 Å². The monoisotopic (exact) mass is 204 g/mol. The SMILES string of the molecule is CCOc1ccccc1C#CCCCO. The third kappa shape index (κ3) is 4.05. The van der Waals surface area contributed by atoms with Gasteiger partial charge in [-0.15, -0.1) is 0 Å². The first-order chi connectivity index (χ1) is 7.38. The molecule has 0 amide bonds. The summed E-state index contributed by atoms with van der Waals surface area (Å²) in [5.41, 5.74) is 0.914. The van der Waals surface area contributed by atoms with E-state index in [0.29, 0.717) is 6.61 Å². The number of aliphatic hydroxyl groups excluding tert-OH is 1. The zero-order valence-corrected chi connectivity index (χ0v) is 8.99. The number of unbranched alkanes of at least 4 members (excludes halogenated alkanes) is 1. The van der Waals surface area contributed by atoms with Crippen molar-refractivity contribution in [3.05, 3.63) is 29.8 Å². The molecule has 0 bridgehead atoms. The molecule has 0 heterocycles. The summed E-state index contributed by atoms with van der Waals surface area (Å²) in [4.78, 5) is 0. The third-order valence-electron chi connectivity index (χ3n) is 1.87. The van der Waals surface area contributed by atoms with Gasteiger partial charge in [-0.3, -0.25) is 0 Å². The molecule has 1 aromatic carbocycles. The van der Waals surface area contributed by atoms with Crippen LogP contribution in [0.3, 0.4) is 0 Å². The van der Waals surface area contributed by atoms with E-state index in [-0.39, 0.29) is 6.61 Å². The fourth-order valence-electron chi connectivity index (χ4n) is 1.18. The number of aliphatic hydroxyl groups is 1. The van der Waals surface area contributed by atoms with E-state index >= 15 is 0 Å². The van der Waals surface area contributed by atoms with Gasteiger partial charge in [0.2, 0.25) is 0 Å². The van der Waals surface area contributed by atoms with Crippen molar-refractivity contribution < 1.29 is 9.84 Å². The topological polar surface area (TPSA) is 29.5 Å². The van der Waals surface area contributed by atoms with Crippen molar-refractivity contribution >= 4 is 0 Å². The predicted molar refractivity (Wildman–Crippen MR) is 60.8 cm³/mol. The Morgan fingerprint density at radius 3 is 2.87 bits per heavy atom. The van der Waals surface area contributed by atoms with Crippen molar-refractivity contribution in [2.45, 2.75) is 19.8 Å². The fraction of sp³-hybridized carbons (Fsp3) is 0.385. The first kappa shape index (κ1) is 11.6. The highest BCUT2D eigenvalue weighted by Crippen LogP contribution is 2.16. The van der Waals surface area contributed by atoms with Crippen LogP contribution in [0.5, 0.6) is 5.75 Å². The minimum Gasteiger partial charge on any atom is -0.493 e. The lowest BCUT2D eigenvalue weighted by molar-refractivity contribution is 0.290. The fourth-order valence-corrected chi connectivity index (χ4v) is 1.18. The van der Waals surface area contributed by atoms with Crippen LogP contribution in [0.15, 0.2) is 24.3 Å². The van der Waals surface area contributed by atoms with E-state index in [4.69, 9.17) is 9.84 Å². The average Bonchev–Trinajstić information content (AvgIpc) is 2.27. The molecular weight excluding hydrogens is 188 g/mol. The molecule has 1 aromatic rings. The van der Waals surface area contributed by atoms with Crippen LogP contribution in [0.1, 0.15) is 25.3 Å². The summed E-state index contributed by atoms with van der Waals surface area (Å²) in [5, 5.41) is 8.61. The lowest BCUT2D eigenvalue weighted by atomic mass is 10.2. The maximum atomic E-state index is 8.61. The molecule has 0 aliphatic heterocycles. The number of benzene rings is 1. The van der Waals surface area contributed by atoms with E-state index in [2.05, 4.69) is 11.8 Å². The predicted octanol–water partition coefficient (Wildman–Crippen LogP) is 2.21. The number of hydrogen-bond acceptors (Lipinski definition) is 2. The Morgan fingerprint density at radius 1 is 1.33 bits per heavy atom. The molecule has 0 saturated heterocycles. The van der Waals surface area contributed by atoms with E-state index in [1.54, 1.807) is 0 Å². The van der Waals surface area contributed by atoms with Gasteiger partial charge in [0.25, 0.3) is 0 Å². The zero-order valence-electron chi connectivity index (χ0n) is 8.99. The van der Waals surface area contributed by atoms with Crippen LogP contribution < -0.4 is 4.74 Å². The van der Waals surface area contributed by atoms with Gasteiger partial charge in [-0.25, -0.2) is 0 Å². The van der Waals surface area contributed by atoms with Crippen LogP contribution in [-0.2, 0) is 0 Å². The number of para-hydroxylation sites is 1. The molecule has 0 spiro atoms. The summed E-state index contributed by atoms with van der Waals surface area (Å²) >= 11 is 0. The highest BCUT2D eigenvalue weighted by molar-refractivity contribution is 5.45. The first-order valence-corrected chi connectivity index (χ1v) is 5.20. The Labute approximate surface area is 90.9 Å². The Morgan fingerprint density at radius 2 is 2.13 bits per heavy atom. The normalized spacial score (nSPS) is 9.20. The summed E-state index contributed by atoms with van der Waals surface area (Å²) in [6.07, 6.45) is 1.45. The first-order valence-electron chi connectivity index (χ1n) is 5.20. The van der Waals surface area contributed by atoms with Gasteiger partial charge in [-0.2, -0.15) is 0 Å². The van der Waals surface area contributed by atoms with Gasteiger partial charge < -0.3 is 9.84 Å². The highest BCUT2D eigenvalue weighted by atomic mass is 16.5. The van der Waals surface area contributed by atoms with Crippen molar-refractivity contribution in [1.82, 2.24) is 0 Å². The van der Waals surface area contributed by atoms with Gasteiger partial charge in [-0.1, -0.05) is 24.0 Å². The van der Waals surface area contributed by atoms with Crippen molar-refractivity contribution in [3.63, 3.8) is 0 Å². The molecule has 0 radical (unpaired) electrons. The van der Waals surface area contributed by atoms with Crippen LogP contribution in [0.25, 0.3) is 0 Å². The molecular formula is C13H16O2. The third-order valence-corrected chi connectivity index (χ3v) is 1.87. The molecule has 1 N–H and O–H groups in total. The molecule has 0 fully saturated rings. The molecule has 0 atom stereocenters. The van der Waals surface area contributed by atoms with Gasteiger partial charge in [0.15, 0.2) is 0 Å². The van der Waals surface area contributed by atoms with Gasteiger partial charge >= 0.3 is 0 Å². The van der Waals surface area contributed by atoms with Crippen molar-refractivity contribution in [2.75, 3.05) is 13.2 Å². The van der Waals surface area contributed by atoms with Gasteiger partial charge in [0.1, 0.15) is 5.75 Å². The molecule has 0 aliphatic carbocycles. The molecule has 15 heavy (non-hydrogen) atoms. The van der Waals surface area contributed by atoms with Gasteiger partial charge in [0.05, 0.1) is 12.2 Å². The standard InChI is InChI=1S/C13H16O2/c1-2-15-13-10-6-5-9-12(13)8-4-3-7-11-14/h5-6,9-10,14H,2-3,7,11H2,1H3. The number of rotatable bonds is 4. The second kappa shape index (κ2) is 6.92.